The SMILES string of the molecule is CC(C)(C)OC(=O)N1CC(OCCn2cc(-c3cnc4ccc(Nc5cc(CC6CCCCC6)cnn5)nc4c3)cn2)C1. The summed E-state index contributed by atoms with van der Waals surface area (Å²) in [6.07, 6.45) is 14.9. The Bertz CT molecular complexity index is 1550. The molecule has 4 aromatic rings. The molecule has 1 saturated carbocycles. The van der Waals surface area contributed by atoms with E-state index in [1.807, 2.05) is 68.4 Å². The highest BCUT2D eigenvalue weighted by Crippen LogP contribution is 2.28. The van der Waals surface area contributed by atoms with Gasteiger partial charge in [-0.05, 0) is 62.9 Å². The van der Waals surface area contributed by atoms with Gasteiger partial charge in [-0.2, -0.15) is 10.2 Å². The average molecular weight is 585 g/mol. The normalized spacial score (nSPS) is 16.3. The Morgan fingerprint density at radius 3 is 2.65 bits per heavy atom. The van der Waals surface area contributed by atoms with Gasteiger partial charge in [-0.1, -0.05) is 32.1 Å². The third-order valence-electron chi connectivity index (χ3n) is 7.89. The summed E-state index contributed by atoms with van der Waals surface area (Å²) in [5.74, 6) is 2.14. The van der Waals surface area contributed by atoms with Gasteiger partial charge in [0.05, 0.1) is 55.8 Å². The van der Waals surface area contributed by atoms with E-state index in [9.17, 15) is 4.79 Å². The van der Waals surface area contributed by atoms with E-state index in [0.717, 1.165) is 34.5 Å². The molecule has 6 rings (SSSR count). The van der Waals surface area contributed by atoms with Crippen LogP contribution in [0, 0.1) is 5.92 Å². The molecule has 2 aliphatic rings. The molecule has 1 aliphatic heterocycles. The van der Waals surface area contributed by atoms with Crippen molar-refractivity contribution in [3.8, 4) is 11.1 Å². The zero-order valence-electron chi connectivity index (χ0n) is 25.2. The molecule has 1 aliphatic carbocycles. The third kappa shape index (κ3) is 7.64. The van der Waals surface area contributed by atoms with Crippen LogP contribution in [-0.4, -0.2) is 72.3 Å². The van der Waals surface area contributed by atoms with Crippen molar-refractivity contribution in [2.45, 2.75) is 77.5 Å². The maximum absolute atomic E-state index is 12.1. The second-order valence-electron chi connectivity index (χ2n) is 12.6. The predicted molar refractivity (Wildman–Crippen MR) is 164 cm³/mol. The van der Waals surface area contributed by atoms with Crippen LogP contribution in [0.15, 0.2) is 49.1 Å². The summed E-state index contributed by atoms with van der Waals surface area (Å²) in [5, 5.41) is 16.3. The first kappa shape index (κ1) is 29.0. The number of pyridine rings is 2. The van der Waals surface area contributed by atoms with Crippen molar-refractivity contribution in [1.82, 2.24) is 34.8 Å². The minimum atomic E-state index is -0.494. The molecular weight excluding hydrogens is 544 g/mol. The predicted octanol–water partition coefficient (Wildman–Crippen LogP) is 5.79. The molecular formula is C32H40N8O3. The standard InChI is InChI=1S/C32H40N8O3/c1-32(2,3)43-31(41)39-20-26(21-39)42-12-11-40-19-25(18-35-40)24-15-28-27(33-17-24)9-10-29(36-28)37-30-14-23(16-34-38-30)13-22-7-5-4-6-8-22/h9-10,14-19,22,26H,4-8,11-13,20-21H2,1-3H3,(H,36,37,38). The Hall–Kier alpha value is -4.12. The van der Waals surface area contributed by atoms with E-state index < -0.39 is 5.60 Å². The van der Waals surface area contributed by atoms with Gasteiger partial charge in [0.2, 0.25) is 0 Å². The number of aromatic nitrogens is 6. The van der Waals surface area contributed by atoms with Crippen LogP contribution >= 0.6 is 0 Å². The van der Waals surface area contributed by atoms with Crippen molar-refractivity contribution in [2.75, 3.05) is 25.0 Å². The summed E-state index contributed by atoms with van der Waals surface area (Å²) < 4.78 is 13.2. The summed E-state index contributed by atoms with van der Waals surface area (Å²) in [7, 11) is 0. The lowest BCUT2D eigenvalue weighted by Gasteiger charge is -2.39. The first-order valence-electron chi connectivity index (χ1n) is 15.3. The molecule has 0 radical (unpaired) electrons. The molecule has 0 aromatic carbocycles. The van der Waals surface area contributed by atoms with Gasteiger partial charge in [-0.3, -0.25) is 9.67 Å². The van der Waals surface area contributed by atoms with E-state index >= 15 is 0 Å². The second-order valence-corrected chi connectivity index (χ2v) is 12.6. The summed E-state index contributed by atoms with van der Waals surface area (Å²) in [6.45, 7) is 7.80. The topological polar surface area (TPSA) is 120 Å². The first-order chi connectivity index (χ1) is 20.8. The Kier molecular flexibility index (Phi) is 8.51. The highest BCUT2D eigenvalue weighted by molar-refractivity contribution is 5.81. The van der Waals surface area contributed by atoms with Crippen molar-refractivity contribution in [3.63, 3.8) is 0 Å². The maximum Gasteiger partial charge on any atom is 0.410 e. The summed E-state index contributed by atoms with van der Waals surface area (Å²) in [4.78, 5) is 23.2. The van der Waals surface area contributed by atoms with E-state index in [0.29, 0.717) is 37.9 Å². The Morgan fingerprint density at radius 2 is 1.84 bits per heavy atom. The second kappa shape index (κ2) is 12.6. The molecule has 1 amide bonds. The number of hydrogen-bond acceptors (Lipinski definition) is 9. The highest BCUT2D eigenvalue weighted by atomic mass is 16.6. The van der Waals surface area contributed by atoms with Gasteiger partial charge < -0.3 is 19.7 Å². The highest BCUT2D eigenvalue weighted by Gasteiger charge is 2.34. The van der Waals surface area contributed by atoms with Gasteiger partial charge >= 0.3 is 6.09 Å². The number of ether oxygens (including phenoxy) is 2. The van der Waals surface area contributed by atoms with Gasteiger partial charge in [0.25, 0.3) is 0 Å². The fourth-order valence-electron chi connectivity index (χ4n) is 5.64. The quantitative estimate of drug-likeness (QED) is 0.261. The van der Waals surface area contributed by atoms with Gasteiger partial charge in [0.1, 0.15) is 11.4 Å². The van der Waals surface area contributed by atoms with Crippen molar-refractivity contribution in [1.29, 1.82) is 0 Å². The minimum absolute atomic E-state index is 0.0199. The lowest BCUT2D eigenvalue weighted by Crippen LogP contribution is -2.56. The number of hydrogen-bond donors (Lipinski definition) is 1. The fourth-order valence-corrected chi connectivity index (χ4v) is 5.64. The number of nitrogens with one attached hydrogen (secondary N) is 1. The van der Waals surface area contributed by atoms with Crippen LogP contribution in [0.2, 0.25) is 0 Å². The van der Waals surface area contributed by atoms with E-state index in [4.69, 9.17) is 14.5 Å². The van der Waals surface area contributed by atoms with Crippen molar-refractivity contribution < 1.29 is 14.3 Å². The number of rotatable bonds is 9. The number of carbonyl (C=O) groups is 1. The van der Waals surface area contributed by atoms with Crippen molar-refractivity contribution >= 4 is 28.8 Å². The fraction of sp³-hybridized carbons (Fsp3) is 0.500. The number of carbonyl (C=O) groups excluding carboxylic acids is 1. The van der Waals surface area contributed by atoms with Crippen LogP contribution in [0.1, 0.15) is 58.4 Å². The van der Waals surface area contributed by atoms with Crippen molar-refractivity contribution in [3.05, 3.63) is 54.6 Å². The molecule has 11 heteroatoms. The number of fused-ring (bicyclic) bond motifs is 1. The summed E-state index contributed by atoms with van der Waals surface area (Å²) in [6, 6.07) is 7.98. The zero-order chi connectivity index (χ0) is 29.8. The zero-order valence-corrected chi connectivity index (χ0v) is 25.2. The number of likely N-dealkylation sites (tertiary alicyclic amines) is 1. The van der Waals surface area contributed by atoms with Gasteiger partial charge in [-0.15, -0.1) is 5.10 Å². The van der Waals surface area contributed by atoms with Crippen LogP contribution < -0.4 is 5.32 Å². The maximum atomic E-state index is 12.1. The van der Waals surface area contributed by atoms with Crippen LogP contribution in [0.4, 0.5) is 16.4 Å². The lowest BCUT2D eigenvalue weighted by atomic mass is 9.85. The van der Waals surface area contributed by atoms with E-state index in [1.165, 1.54) is 37.7 Å². The molecule has 0 bridgehead atoms. The van der Waals surface area contributed by atoms with Gasteiger partial charge in [0.15, 0.2) is 5.82 Å². The molecule has 1 N–H and O–H groups in total. The average Bonchev–Trinajstić information content (AvgIpc) is 3.42. The molecule has 1 saturated heterocycles. The largest absolute Gasteiger partial charge is 0.444 e. The number of anilines is 2. The minimum Gasteiger partial charge on any atom is -0.444 e. The molecule has 2 fully saturated rings. The number of amides is 1. The lowest BCUT2D eigenvalue weighted by molar-refractivity contribution is -0.0650. The molecule has 43 heavy (non-hydrogen) atoms. The van der Waals surface area contributed by atoms with E-state index in [1.54, 1.807) is 4.90 Å². The summed E-state index contributed by atoms with van der Waals surface area (Å²) in [5.41, 5.74) is 4.21. The van der Waals surface area contributed by atoms with Gasteiger partial charge in [0, 0.05) is 23.5 Å². The molecule has 0 spiro atoms. The summed E-state index contributed by atoms with van der Waals surface area (Å²) >= 11 is 0. The molecule has 5 heterocycles. The van der Waals surface area contributed by atoms with E-state index in [-0.39, 0.29) is 12.2 Å². The van der Waals surface area contributed by atoms with Crippen LogP contribution in [0.25, 0.3) is 22.2 Å². The molecule has 226 valence electrons. The van der Waals surface area contributed by atoms with Crippen LogP contribution in [0.3, 0.4) is 0 Å². The van der Waals surface area contributed by atoms with Crippen molar-refractivity contribution in [2.24, 2.45) is 5.92 Å². The smallest absolute Gasteiger partial charge is 0.410 e. The van der Waals surface area contributed by atoms with E-state index in [2.05, 4.69) is 31.7 Å². The first-order valence-corrected chi connectivity index (χ1v) is 15.3. The Balaban J connectivity index is 1.03. The Morgan fingerprint density at radius 1 is 1.00 bits per heavy atom. The molecule has 0 unspecified atom stereocenters. The van der Waals surface area contributed by atoms with Crippen LogP contribution in [0.5, 0.6) is 0 Å². The molecule has 11 nitrogen and oxygen atoms in total. The monoisotopic (exact) mass is 584 g/mol. The Labute approximate surface area is 252 Å². The molecule has 4 aromatic heterocycles. The van der Waals surface area contributed by atoms with Crippen LogP contribution in [-0.2, 0) is 22.4 Å². The molecule has 0 atom stereocenters. The van der Waals surface area contributed by atoms with Gasteiger partial charge in [-0.25, -0.2) is 9.78 Å². The third-order valence-corrected chi connectivity index (χ3v) is 7.89. The number of nitrogens with zero attached hydrogens (tertiary/aromatic N) is 7.